The minimum Gasteiger partial charge on any atom is -0.464 e. The molecule has 33 heavy (non-hydrogen) atoms. The molecule has 12 heteroatoms. The molecule has 3 amide bonds. The highest BCUT2D eigenvalue weighted by molar-refractivity contribution is 7.09. The lowest BCUT2D eigenvalue weighted by Crippen LogP contribution is -2.45. The standard InChI is InChI=1S/C21H22FN5O5S/c1-11-7-8-14(32-11)17(20(29)25-9-10-31-2)27(13-6-4-3-5-12(13)22)21(30)18-15(23)16(19(24)28)26-33-18/h3-8,17H,9-10,23H2,1-2H3,(H2,24,28)(H,25,29)/t17-/m1/s1. The van der Waals surface area contributed by atoms with Crippen molar-refractivity contribution < 1.29 is 27.9 Å². The molecule has 5 N–H and O–H groups in total. The predicted molar refractivity (Wildman–Crippen MR) is 119 cm³/mol. The highest BCUT2D eigenvalue weighted by atomic mass is 32.1. The number of nitrogen functional groups attached to an aromatic ring is 1. The first kappa shape index (κ1) is 23.9. The van der Waals surface area contributed by atoms with Crippen molar-refractivity contribution in [3.63, 3.8) is 0 Å². The Labute approximate surface area is 192 Å². The summed E-state index contributed by atoms with van der Waals surface area (Å²) >= 11 is 0.621. The first-order valence-corrected chi connectivity index (χ1v) is 10.5. The molecule has 1 aromatic carbocycles. The van der Waals surface area contributed by atoms with E-state index in [1.165, 1.54) is 31.4 Å². The number of rotatable bonds is 9. The van der Waals surface area contributed by atoms with Crippen molar-refractivity contribution in [1.82, 2.24) is 9.69 Å². The van der Waals surface area contributed by atoms with Crippen LogP contribution in [0.5, 0.6) is 0 Å². The molecule has 174 valence electrons. The van der Waals surface area contributed by atoms with Gasteiger partial charge in [-0.25, -0.2) is 4.39 Å². The molecule has 2 heterocycles. The number of hydrogen-bond acceptors (Lipinski definition) is 8. The molecule has 0 aliphatic rings. The summed E-state index contributed by atoms with van der Waals surface area (Å²) in [6.07, 6.45) is 0. The Morgan fingerprint density at radius 3 is 2.58 bits per heavy atom. The SMILES string of the molecule is COCCNC(=O)[C@@H](c1ccc(C)o1)N(C(=O)c1snc(C(N)=O)c1N)c1ccccc1F. The number of nitrogens with zero attached hydrogens (tertiary/aromatic N) is 2. The average Bonchev–Trinajstić information content (AvgIpc) is 3.37. The number of methoxy groups -OCH3 is 1. The zero-order chi connectivity index (χ0) is 24.1. The van der Waals surface area contributed by atoms with Gasteiger partial charge in [-0.05, 0) is 42.7 Å². The zero-order valence-corrected chi connectivity index (χ0v) is 18.6. The van der Waals surface area contributed by atoms with Crippen LogP contribution in [0.2, 0.25) is 0 Å². The summed E-state index contributed by atoms with van der Waals surface area (Å²) in [6.45, 7) is 2.02. The summed E-state index contributed by atoms with van der Waals surface area (Å²) < 4.78 is 29.4. The number of aryl methyl sites for hydroxylation is 1. The Morgan fingerprint density at radius 2 is 2.00 bits per heavy atom. The van der Waals surface area contributed by atoms with Gasteiger partial charge in [0.05, 0.1) is 18.0 Å². The molecule has 0 saturated heterocycles. The van der Waals surface area contributed by atoms with Crippen LogP contribution in [0.1, 0.15) is 37.7 Å². The van der Waals surface area contributed by atoms with E-state index in [0.29, 0.717) is 17.3 Å². The molecule has 0 fully saturated rings. The molecule has 0 bridgehead atoms. The van der Waals surface area contributed by atoms with Gasteiger partial charge in [0, 0.05) is 13.7 Å². The quantitative estimate of drug-likeness (QED) is 0.400. The van der Waals surface area contributed by atoms with Crippen LogP contribution in [0.25, 0.3) is 0 Å². The highest BCUT2D eigenvalue weighted by Gasteiger charge is 2.38. The fraction of sp³-hybridized carbons (Fsp3) is 0.238. The number of furan rings is 1. The molecule has 0 saturated carbocycles. The first-order chi connectivity index (χ1) is 15.8. The van der Waals surface area contributed by atoms with Crippen molar-refractivity contribution in [2.45, 2.75) is 13.0 Å². The Bertz CT molecular complexity index is 1180. The van der Waals surface area contributed by atoms with Gasteiger partial charge in [-0.15, -0.1) is 0 Å². The minimum absolute atomic E-state index is 0.0947. The molecule has 10 nitrogen and oxygen atoms in total. The monoisotopic (exact) mass is 475 g/mol. The van der Waals surface area contributed by atoms with E-state index in [2.05, 4.69) is 9.69 Å². The topological polar surface area (TPSA) is 154 Å². The second-order valence-electron chi connectivity index (χ2n) is 6.90. The predicted octanol–water partition coefficient (Wildman–Crippen LogP) is 2.02. The number of carbonyl (C=O) groups is 3. The number of hydrogen-bond donors (Lipinski definition) is 3. The Hall–Kier alpha value is -3.77. The molecule has 2 aromatic heterocycles. The van der Waals surface area contributed by atoms with Gasteiger partial charge in [0.15, 0.2) is 11.7 Å². The lowest BCUT2D eigenvalue weighted by Gasteiger charge is -2.29. The van der Waals surface area contributed by atoms with Crippen LogP contribution >= 0.6 is 11.5 Å². The van der Waals surface area contributed by atoms with Gasteiger partial charge in [-0.2, -0.15) is 4.37 Å². The van der Waals surface area contributed by atoms with E-state index in [-0.39, 0.29) is 40.9 Å². The number of nitrogens with one attached hydrogen (secondary N) is 1. The minimum atomic E-state index is -1.40. The van der Waals surface area contributed by atoms with E-state index < -0.39 is 29.6 Å². The Kier molecular flexibility index (Phi) is 7.41. The van der Waals surface area contributed by atoms with Gasteiger partial charge in [0.25, 0.3) is 17.7 Å². The number of ether oxygens (including phenoxy) is 1. The molecule has 3 rings (SSSR count). The van der Waals surface area contributed by atoms with E-state index in [4.69, 9.17) is 20.6 Å². The van der Waals surface area contributed by atoms with Gasteiger partial charge < -0.3 is 25.9 Å². The summed E-state index contributed by atoms with van der Waals surface area (Å²) in [7, 11) is 1.47. The van der Waals surface area contributed by atoms with E-state index in [1.807, 2.05) is 0 Å². The number of benzene rings is 1. The molecule has 0 unspecified atom stereocenters. The van der Waals surface area contributed by atoms with Crippen LogP contribution in [-0.4, -0.2) is 42.4 Å². The number of halogens is 1. The smallest absolute Gasteiger partial charge is 0.273 e. The third-order valence-corrected chi connectivity index (χ3v) is 5.48. The van der Waals surface area contributed by atoms with Crippen molar-refractivity contribution in [3.05, 3.63) is 64.3 Å². The molecule has 3 aromatic rings. The van der Waals surface area contributed by atoms with Crippen LogP contribution in [0.4, 0.5) is 15.8 Å². The van der Waals surface area contributed by atoms with E-state index in [9.17, 15) is 18.8 Å². The second-order valence-corrected chi connectivity index (χ2v) is 7.67. The number of para-hydroxylation sites is 1. The average molecular weight is 476 g/mol. The van der Waals surface area contributed by atoms with Crippen LogP contribution in [0.3, 0.4) is 0 Å². The summed E-state index contributed by atoms with van der Waals surface area (Å²) in [4.78, 5) is 39.2. The third kappa shape index (κ3) is 5.02. The van der Waals surface area contributed by atoms with Crippen molar-refractivity contribution in [2.75, 3.05) is 30.9 Å². The molecule has 0 radical (unpaired) electrons. The fourth-order valence-electron chi connectivity index (χ4n) is 3.10. The number of carbonyl (C=O) groups excluding carboxylic acids is 3. The van der Waals surface area contributed by atoms with Crippen LogP contribution in [0, 0.1) is 12.7 Å². The van der Waals surface area contributed by atoms with Gasteiger partial charge >= 0.3 is 0 Å². The van der Waals surface area contributed by atoms with Crippen molar-refractivity contribution in [1.29, 1.82) is 0 Å². The fourth-order valence-corrected chi connectivity index (χ4v) is 3.84. The third-order valence-electron chi connectivity index (χ3n) is 4.63. The lowest BCUT2D eigenvalue weighted by atomic mass is 10.1. The van der Waals surface area contributed by atoms with Crippen molar-refractivity contribution in [2.24, 2.45) is 5.73 Å². The molecule has 0 aliphatic carbocycles. The summed E-state index contributed by atoms with van der Waals surface area (Å²) in [6, 6.07) is 7.16. The van der Waals surface area contributed by atoms with Crippen LogP contribution < -0.4 is 21.7 Å². The zero-order valence-electron chi connectivity index (χ0n) is 17.8. The maximum atomic E-state index is 14.9. The molecule has 1 atom stereocenters. The summed E-state index contributed by atoms with van der Waals surface area (Å²) in [5.74, 6) is -2.61. The van der Waals surface area contributed by atoms with Gasteiger partial charge in [-0.3, -0.25) is 19.3 Å². The normalized spacial score (nSPS) is 11.7. The molecule has 0 spiro atoms. The Morgan fingerprint density at radius 1 is 1.27 bits per heavy atom. The van der Waals surface area contributed by atoms with Crippen molar-refractivity contribution in [3.8, 4) is 0 Å². The van der Waals surface area contributed by atoms with Crippen LogP contribution in [-0.2, 0) is 9.53 Å². The number of amides is 3. The van der Waals surface area contributed by atoms with Crippen molar-refractivity contribution >= 4 is 40.6 Å². The van der Waals surface area contributed by atoms with Gasteiger partial charge in [0.1, 0.15) is 22.2 Å². The van der Waals surface area contributed by atoms with Gasteiger partial charge in [-0.1, -0.05) is 12.1 Å². The summed E-state index contributed by atoms with van der Waals surface area (Å²) in [5, 5.41) is 2.65. The first-order valence-electron chi connectivity index (χ1n) is 9.72. The largest absolute Gasteiger partial charge is 0.464 e. The molecular weight excluding hydrogens is 453 g/mol. The number of anilines is 2. The summed E-state index contributed by atoms with van der Waals surface area (Å²) in [5.41, 5.74) is 10.5. The maximum absolute atomic E-state index is 14.9. The molecular formula is C21H22FN5O5S. The lowest BCUT2D eigenvalue weighted by molar-refractivity contribution is -0.123. The number of aromatic nitrogens is 1. The maximum Gasteiger partial charge on any atom is 0.273 e. The van der Waals surface area contributed by atoms with E-state index in [0.717, 1.165) is 11.0 Å². The molecule has 0 aliphatic heterocycles. The Balaban J connectivity index is 2.17. The highest BCUT2D eigenvalue weighted by Crippen LogP contribution is 2.34. The van der Waals surface area contributed by atoms with Crippen LogP contribution in [0.15, 0.2) is 40.8 Å². The van der Waals surface area contributed by atoms with E-state index in [1.54, 1.807) is 13.0 Å². The van der Waals surface area contributed by atoms with Gasteiger partial charge in [0.2, 0.25) is 0 Å². The number of primary amides is 1. The van der Waals surface area contributed by atoms with E-state index >= 15 is 0 Å². The number of nitrogens with two attached hydrogens (primary N) is 2. The second kappa shape index (κ2) is 10.2.